The quantitative estimate of drug-likeness (QED) is 0.414. The van der Waals surface area contributed by atoms with Crippen molar-refractivity contribution < 1.29 is 0 Å². The molecule has 7 heteroatoms. The molecule has 0 aromatic carbocycles. The van der Waals surface area contributed by atoms with Gasteiger partial charge in [-0.2, -0.15) is 16.7 Å². The molecule has 0 radical (unpaired) electrons. The van der Waals surface area contributed by atoms with Crippen molar-refractivity contribution in [1.29, 1.82) is 0 Å². The molecule has 0 amide bonds. The van der Waals surface area contributed by atoms with E-state index < -0.39 is 0 Å². The van der Waals surface area contributed by atoms with E-state index in [-0.39, 0.29) is 0 Å². The van der Waals surface area contributed by atoms with Gasteiger partial charge in [0, 0.05) is 11.4 Å². The van der Waals surface area contributed by atoms with Crippen LogP contribution in [-0.4, -0.2) is 28.0 Å². The monoisotopic (exact) mass is 297 g/mol. The van der Waals surface area contributed by atoms with Crippen LogP contribution in [0.25, 0.3) is 10.2 Å². The van der Waals surface area contributed by atoms with Gasteiger partial charge < -0.3 is 5.32 Å². The summed E-state index contributed by atoms with van der Waals surface area (Å²) in [6.07, 6.45) is 1.12. The van der Waals surface area contributed by atoms with Crippen LogP contribution in [0.2, 0.25) is 0 Å². The van der Waals surface area contributed by atoms with Gasteiger partial charge in [-0.25, -0.2) is 10.8 Å². The molecule has 0 aliphatic heterocycles. The molecule has 2 aromatic heterocycles. The number of aryl methyl sites for hydroxylation is 1. The minimum atomic E-state index is 0.458. The molecule has 4 N–H and O–H groups in total. The largest absolute Gasteiger partial charge is 0.369 e. The standard InChI is InChI=1S/C12H19N5S2/c1-3-18-6-4-5-14-10-9-7-8(2)19-11(9)16-12(15-10)17-13/h7H,3-6,13H2,1-2H3,(H2,14,15,16,17). The Bertz CT molecular complexity index is 540. The number of hydrogen-bond acceptors (Lipinski definition) is 7. The molecule has 2 heterocycles. The van der Waals surface area contributed by atoms with Crippen molar-refractivity contribution in [3.05, 3.63) is 10.9 Å². The zero-order valence-electron chi connectivity index (χ0n) is 11.2. The van der Waals surface area contributed by atoms with Gasteiger partial charge in [0.25, 0.3) is 0 Å². The zero-order valence-corrected chi connectivity index (χ0v) is 12.8. The number of thiophene rings is 1. The lowest BCUT2D eigenvalue weighted by Crippen LogP contribution is -2.12. The third kappa shape index (κ3) is 3.71. The molecule has 19 heavy (non-hydrogen) atoms. The van der Waals surface area contributed by atoms with Gasteiger partial charge in [-0.05, 0) is 30.9 Å². The van der Waals surface area contributed by atoms with Crippen molar-refractivity contribution in [2.75, 3.05) is 28.8 Å². The summed E-state index contributed by atoms with van der Waals surface area (Å²) >= 11 is 3.61. The number of fused-ring (bicyclic) bond motifs is 1. The number of nitrogens with one attached hydrogen (secondary N) is 2. The molecule has 0 saturated carbocycles. The molecular weight excluding hydrogens is 278 g/mol. The van der Waals surface area contributed by atoms with Crippen LogP contribution in [0.15, 0.2) is 6.07 Å². The van der Waals surface area contributed by atoms with Crippen LogP contribution >= 0.6 is 23.1 Å². The Balaban J connectivity index is 2.11. The molecule has 0 aliphatic carbocycles. The number of hydrogen-bond donors (Lipinski definition) is 3. The topological polar surface area (TPSA) is 75.9 Å². The van der Waals surface area contributed by atoms with Gasteiger partial charge in [0.1, 0.15) is 10.6 Å². The fourth-order valence-electron chi connectivity index (χ4n) is 1.77. The van der Waals surface area contributed by atoms with E-state index in [1.165, 1.54) is 16.4 Å². The summed E-state index contributed by atoms with van der Waals surface area (Å²) in [5.74, 6) is 9.07. The molecule has 0 atom stereocenters. The Morgan fingerprint density at radius 1 is 1.42 bits per heavy atom. The lowest BCUT2D eigenvalue weighted by molar-refractivity contribution is 0.980. The first kappa shape index (κ1) is 14.4. The van der Waals surface area contributed by atoms with Crippen molar-refractivity contribution in [2.24, 2.45) is 5.84 Å². The second-order valence-corrected chi connectivity index (χ2v) is 6.72. The van der Waals surface area contributed by atoms with Crippen molar-refractivity contribution in [3.63, 3.8) is 0 Å². The van der Waals surface area contributed by atoms with Crippen molar-refractivity contribution in [1.82, 2.24) is 9.97 Å². The van der Waals surface area contributed by atoms with Crippen LogP contribution < -0.4 is 16.6 Å². The third-order valence-corrected chi connectivity index (χ3v) is 4.54. The molecule has 0 bridgehead atoms. The first-order valence-corrected chi connectivity index (χ1v) is 8.28. The maximum Gasteiger partial charge on any atom is 0.240 e. The van der Waals surface area contributed by atoms with E-state index >= 15 is 0 Å². The van der Waals surface area contributed by atoms with Crippen LogP contribution in [0, 0.1) is 6.92 Å². The molecule has 0 unspecified atom stereocenters. The summed E-state index contributed by atoms with van der Waals surface area (Å²) in [6, 6.07) is 2.11. The van der Waals surface area contributed by atoms with Crippen LogP contribution in [0.1, 0.15) is 18.2 Å². The van der Waals surface area contributed by atoms with Gasteiger partial charge in [-0.3, -0.25) is 5.43 Å². The fraction of sp³-hybridized carbons (Fsp3) is 0.500. The van der Waals surface area contributed by atoms with Gasteiger partial charge in [-0.15, -0.1) is 11.3 Å². The third-order valence-electron chi connectivity index (χ3n) is 2.61. The van der Waals surface area contributed by atoms with Gasteiger partial charge in [0.15, 0.2) is 0 Å². The number of anilines is 2. The number of nitrogens with two attached hydrogens (primary N) is 1. The highest BCUT2D eigenvalue weighted by Crippen LogP contribution is 2.29. The highest BCUT2D eigenvalue weighted by Gasteiger charge is 2.09. The average molecular weight is 297 g/mol. The number of thioether (sulfide) groups is 1. The molecule has 2 aromatic rings. The van der Waals surface area contributed by atoms with Crippen molar-refractivity contribution >= 4 is 45.1 Å². The maximum absolute atomic E-state index is 5.41. The fourth-order valence-corrected chi connectivity index (χ4v) is 3.28. The van der Waals surface area contributed by atoms with Gasteiger partial charge in [0.2, 0.25) is 5.95 Å². The molecule has 2 rings (SSSR count). The smallest absolute Gasteiger partial charge is 0.240 e. The Kier molecular flexibility index (Phi) is 5.24. The summed E-state index contributed by atoms with van der Waals surface area (Å²) in [5.41, 5.74) is 2.52. The number of hydrazine groups is 1. The van der Waals surface area contributed by atoms with E-state index in [0.29, 0.717) is 5.95 Å². The van der Waals surface area contributed by atoms with Crippen LogP contribution in [0.3, 0.4) is 0 Å². The van der Waals surface area contributed by atoms with E-state index in [2.05, 4.69) is 40.6 Å². The first-order valence-electron chi connectivity index (χ1n) is 6.31. The van der Waals surface area contributed by atoms with Crippen molar-refractivity contribution in [3.8, 4) is 0 Å². The van der Waals surface area contributed by atoms with Gasteiger partial charge in [-0.1, -0.05) is 6.92 Å². The molecule has 0 saturated heterocycles. The second-order valence-electron chi connectivity index (χ2n) is 4.09. The Labute approximate surface area is 121 Å². The highest BCUT2D eigenvalue weighted by atomic mass is 32.2. The SMILES string of the molecule is CCSCCCNc1nc(NN)nc2sc(C)cc12. The Morgan fingerprint density at radius 3 is 3.00 bits per heavy atom. The maximum atomic E-state index is 5.41. The molecular formula is C12H19N5S2. The Hall–Kier alpha value is -1.05. The van der Waals surface area contributed by atoms with E-state index in [1.807, 2.05) is 11.8 Å². The number of nitrogens with zero attached hydrogens (tertiary/aromatic N) is 2. The highest BCUT2D eigenvalue weighted by molar-refractivity contribution is 7.99. The Morgan fingerprint density at radius 2 is 2.26 bits per heavy atom. The second kappa shape index (κ2) is 6.93. The first-order chi connectivity index (χ1) is 9.24. The summed E-state index contributed by atoms with van der Waals surface area (Å²) in [4.78, 5) is 10.9. The number of aromatic nitrogens is 2. The molecule has 104 valence electrons. The molecule has 0 fully saturated rings. The van der Waals surface area contributed by atoms with Gasteiger partial charge in [0.05, 0.1) is 5.39 Å². The average Bonchev–Trinajstić information content (AvgIpc) is 2.78. The van der Waals surface area contributed by atoms with E-state index in [9.17, 15) is 0 Å². The van der Waals surface area contributed by atoms with Crippen LogP contribution in [0.4, 0.5) is 11.8 Å². The number of rotatable bonds is 7. The number of nitrogen functional groups attached to an aromatic ring is 1. The minimum Gasteiger partial charge on any atom is -0.369 e. The lowest BCUT2D eigenvalue weighted by Gasteiger charge is -2.08. The summed E-state index contributed by atoms with van der Waals surface area (Å²) in [7, 11) is 0. The summed E-state index contributed by atoms with van der Waals surface area (Å²) < 4.78 is 0. The van der Waals surface area contributed by atoms with Crippen LogP contribution in [0.5, 0.6) is 0 Å². The van der Waals surface area contributed by atoms with E-state index in [0.717, 1.165) is 29.0 Å². The predicted octanol–water partition coefficient (Wildman–Crippen LogP) is 2.84. The van der Waals surface area contributed by atoms with Gasteiger partial charge >= 0.3 is 0 Å². The van der Waals surface area contributed by atoms with E-state index in [1.54, 1.807) is 11.3 Å². The summed E-state index contributed by atoms with van der Waals surface area (Å²) in [6.45, 7) is 5.17. The van der Waals surface area contributed by atoms with Crippen molar-refractivity contribution in [2.45, 2.75) is 20.3 Å². The zero-order chi connectivity index (χ0) is 13.7. The van der Waals surface area contributed by atoms with E-state index in [4.69, 9.17) is 5.84 Å². The minimum absolute atomic E-state index is 0.458. The summed E-state index contributed by atoms with van der Waals surface area (Å²) in [5, 5.41) is 4.46. The molecule has 5 nitrogen and oxygen atoms in total. The predicted molar refractivity (Wildman–Crippen MR) is 86.1 cm³/mol. The molecule has 0 spiro atoms. The normalized spacial score (nSPS) is 10.9. The van der Waals surface area contributed by atoms with Crippen LogP contribution in [-0.2, 0) is 0 Å². The molecule has 0 aliphatic rings. The lowest BCUT2D eigenvalue weighted by atomic mass is 10.3.